The second-order valence-electron chi connectivity index (χ2n) is 5.57. The standard InChI is InChI=1S/C17H20FNO2/c1-2-12(10-18)11-20-14-7-8-15-16(9-14)21-17(19-15)13-5-3-4-6-13/h7-10,13H,2-6,11H2,1H3/b12-10+. The summed E-state index contributed by atoms with van der Waals surface area (Å²) in [6.07, 6.45) is 6.10. The molecular formula is C17H20FNO2. The summed E-state index contributed by atoms with van der Waals surface area (Å²) in [7, 11) is 0. The normalized spacial score (nSPS) is 16.8. The highest BCUT2D eigenvalue weighted by Gasteiger charge is 2.22. The number of hydrogen-bond donors (Lipinski definition) is 0. The molecule has 1 heterocycles. The number of nitrogens with zero attached hydrogens (tertiary/aromatic N) is 1. The quantitative estimate of drug-likeness (QED) is 0.765. The number of fused-ring (bicyclic) bond motifs is 1. The minimum Gasteiger partial charge on any atom is -0.489 e. The Hall–Kier alpha value is -1.84. The Bertz CT molecular complexity index is 641. The third-order valence-corrected chi connectivity index (χ3v) is 4.11. The van der Waals surface area contributed by atoms with Gasteiger partial charge in [0.05, 0.1) is 6.33 Å². The maximum Gasteiger partial charge on any atom is 0.198 e. The van der Waals surface area contributed by atoms with Crippen LogP contribution in [-0.2, 0) is 0 Å². The number of aromatic nitrogens is 1. The van der Waals surface area contributed by atoms with E-state index in [1.54, 1.807) is 0 Å². The van der Waals surface area contributed by atoms with Crippen LogP contribution in [0.4, 0.5) is 4.39 Å². The fourth-order valence-electron chi connectivity index (χ4n) is 2.75. The molecule has 1 aliphatic rings. The van der Waals surface area contributed by atoms with Crippen molar-refractivity contribution < 1.29 is 13.5 Å². The van der Waals surface area contributed by atoms with Gasteiger partial charge in [0.1, 0.15) is 17.9 Å². The first-order chi connectivity index (χ1) is 10.3. The first kappa shape index (κ1) is 14.1. The van der Waals surface area contributed by atoms with Gasteiger partial charge in [-0.3, -0.25) is 0 Å². The highest BCUT2D eigenvalue weighted by Crippen LogP contribution is 2.35. The van der Waals surface area contributed by atoms with Gasteiger partial charge in [-0.15, -0.1) is 0 Å². The van der Waals surface area contributed by atoms with Gasteiger partial charge < -0.3 is 9.15 Å². The average molecular weight is 289 g/mol. The van der Waals surface area contributed by atoms with Gasteiger partial charge in [-0.05, 0) is 37.0 Å². The molecule has 0 radical (unpaired) electrons. The Morgan fingerprint density at radius 1 is 1.43 bits per heavy atom. The highest BCUT2D eigenvalue weighted by atomic mass is 19.1. The van der Waals surface area contributed by atoms with E-state index in [1.807, 2.05) is 25.1 Å². The summed E-state index contributed by atoms with van der Waals surface area (Å²) in [6.45, 7) is 2.17. The smallest absolute Gasteiger partial charge is 0.198 e. The number of benzene rings is 1. The van der Waals surface area contributed by atoms with Crippen molar-refractivity contribution >= 4 is 11.1 Å². The van der Waals surface area contributed by atoms with Crippen molar-refractivity contribution in [3.63, 3.8) is 0 Å². The van der Waals surface area contributed by atoms with Gasteiger partial charge in [-0.2, -0.15) is 0 Å². The van der Waals surface area contributed by atoms with E-state index in [2.05, 4.69) is 4.98 Å². The van der Waals surface area contributed by atoms with Gasteiger partial charge in [0.25, 0.3) is 0 Å². The monoisotopic (exact) mass is 289 g/mol. The third-order valence-electron chi connectivity index (χ3n) is 4.11. The van der Waals surface area contributed by atoms with Crippen LogP contribution in [0.1, 0.15) is 50.8 Å². The van der Waals surface area contributed by atoms with Crippen LogP contribution in [0.25, 0.3) is 11.1 Å². The summed E-state index contributed by atoms with van der Waals surface area (Å²) in [5, 5.41) is 0. The van der Waals surface area contributed by atoms with Crippen molar-refractivity contribution in [3.8, 4) is 5.75 Å². The van der Waals surface area contributed by atoms with E-state index in [9.17, 15) is 4.39 Å². The second-order valence-corrected chi connectivity index (χ2v) is 5.57. The van der Waals surface area contributed by atoms with Crippen molar-refractivity contribution in [2.24, 2.45) is 0 Å². The largest absolute Gasteiger partial charge is 0.489 e. The summed E-state index contributed by atoms with van der Waals surface area (Å²) in [5.41, 5.74) is 2.25. The van der Waals surface area contributed by atoms with Crippen molar-refractivity contribution in [1.29, 1.82) is 0 Å². The molecule has 0 amide bonds. The molecule has 1 aromatic carbocycles. The summed E-state index contributed by atoms with van der Waals surface area (Å²) in [5.74, 6) is 1.99. The van der Waals surface area contributed by atoms with E-state index in [0.29, 0.717) is 30.0 Å². The van der Waals surface area contributed by atoms with E-state index in [-0.39, 0.29) is 6.61 Å². The minimum absolute atomic E-state index is 0.266. The molecule has 0 aliphatic heterocycles. The first-order valence-corrected chi connectivity index (χ1v) is 7.61. The van der Waals surface area contributed by atoms with Crippen LogP contribution < -0.4 is 4.74 Å². The van der Waals surface area contributed by atoms with Crippen molar-refractivity contribution in [3.05, 3.63) is 36.0 Å². The van der Waals surface area contributed by atoms with E-state index in [0.717, 1.165) is 29.8 Å². The zero-order valence-corrected chi connectivity index (χ0v) is 12.3. The van der Waals surface area contributed by atoms with Crippen LogP contribution in [0, 0.1) is 0 Å². The zero-order chi connectivity index (χ0) is 14.7. The van der Waals surface area contributed by atoms with Crippen LogP contribution in [0.15, 0.2) is 34.5 Å². The fraction of sp³-hybridized carbons (Fsp3) is 0.471. The molecule has 1 saturated carbocycles. The SMILES string of the molecule is CC/C(=C\F)COc1ccc2nc(C3CCCC3)oc2c1. The maximum atomic E-state index is 12.5. The van der Waals surface area contributed by atoms with Crippen LogP contribution in [0.3, 0.4) is 0 Å². The third kappa shape index (κ3) is 3.09. The average Bonchev–Trinajstić information content (AvgIpc) is 3.16. The van der Waals surface area contributed by atoms with Crippen molar-refractivity contribution in [2.75, 3.05) is 6.61 Å². The molecule has 1 aliphatic carbocycles. The summed E-state index contributed by atoms with van der Waals surface area (Å²) >= 11 is 0. The molecule has 2 aromatic rings. The molecule has 0 bridgehead atoms. The minimum atomic E-state index is 0.266. The molecule has 1 aromatic heterocycles. The molecule has 0 unspecified atom stereocenters. The van der Waals surface area contributed by atoms with Gasteiger partial charge in [0.2, 0.25) is 0 Å². The number of oxazole rings is 1. The number of halogens is 1. The summed E-state index contributed by atoms with van der Waals surface area (Å²) < 4.78 is 24.0. The number of hydrogen-bond acceptors (Lipinski definition) is 3. The molecule has 0 N–H and O–H groups in total. The lowest BCUT2D eigenvalue weighted by Gasteiger charge is -2.06. The van der Waals surface area contributed by atoms with Crippen LogP contribution in [0.2, 0.25) is 0 Å². The lowest BCUT2D eigenvalue weighted by molar-refractivity contribution is 0.345. The molecule has 0 spiro atoms. The first-order valence-electron chi connectivity index (χ1n) is 7.61. The van der Waals surface area contributed by atoms with E-state index in [4.69, 9.17) is 9.15 Å². The molecule has 112 valence electrons. The number of ether oxygens (including phenoxy) is 1. The number of rotatable bonds is 5. The molecule has 3 rings (SSSR count). The molecule has 3 nitrogen and oxygen atoms in total. The topological polar surface area (TPSA) is 35.3 Å². The van der Waals surface area contributed by atoms with Crippen LogP contribution in [-0.4, -0.2) is 11.6 Å². The maximum absolute atomic E-state index is 12.5. The lowest BCUT2D eigenvalue weighted by atomic mass is 10.1. The van der Waals surface area contributed by atoms with Gasteiger partial charge in [0.15, 0.2) is 11.5 Å². The zero-order valence-electron chi connectivity index (χ0n) is 12.3. The fourth-order valence-corrected chi connectivity index (χ4v) is 2.75. The van der Waals surface area contributed by atoms with Crippen LogP contribution in [0.5, 0.6) is 5.75 Å². The molecule has 1 fully saturated rings. The Morgan fingerprint density at radius 2 is 2.24 bits per heavy atom. The Morgan fingerprint density at radius 3 is 2.95 bits per heavy atom. The van der Waals surface area contributed by atoms with E-state index < -0.39 is 0 Å². The Labute approximate surface area is 123 Å². The Kier molecular flexibility index (Phi) is 4.23. The van der Waals surface area contributed by atoms with Crippen LogP contribution >= 0.6 is 0 Å². The molecule has 21 heavy (non-hydrogen) atoms. The van der Waals surface area contributed by atoms with E-state index >= 15 is 0 Å². The molecule has 4 heteroatoms. The van der Waals surface area contributed by atoms with Gasteiger partial charge in [0, 0.05) is 12.0 Å². The van der Waals surface area contributed by atoms with Gasteiger partial charge in [-0.1, -0.05) is 19.8 Å². The molecular weight excluding hydrogens is 269 g/mol. The van der Waals surface area contributed by atoms with Crippen molar-refractivity contribution in [2.45, 2.75) is 44.9 Å². The Balaban J connectivity index is 1.76. The summed E-state index contributed by atoms with van der Waals surface area (Å²) in [4.78, 5) is 4.57. The highest BCUT2D eigenvalue weighted by molar-refractivity contribution is 5.74. The lowest BCUT2D eigenvalue weighted by Crippen LogP contribution is -1.99. The van der Waals surface area contributed by atoms with Crippen molar-refractivity contribution in [1.82, 2.24) is 4.98 Å². The predicted molar refractivity (Wildman–Crippen MR) is 80.2 cm³/mol. The van der Waals surface area contributed by atoms with Gasteiger partial charge >= 0.3 is 0 Å². The van der Waals surface area contributed by atoms with Gasteiger partial charge in [-0.25, -0.2) is 9.37 Å². The molecule has 0 atom stereocenters. The predicted octanol–water partition coefficient (Wildman–Crippen LogP) is 5.13. The summed E-state index contributed by atoms with van der Waals surface area (Å²) in [6, 6.07) is 5.60. The van der Waals surface area contributed by atoms with E-state index in [1.165, 1.54) is 12.8 Å². The second kappa shape index (κ2) is 6.29. The molecule has 0 saturated heterocycles.